The number of ether oxygens (including phenoxy) is 1. The predicted molar refractivity (Wildman–Crippen MR) is 154 cm³/mol. The topological polar surface area (TPSA) is 141 Å². The summed E-state index contributed by atoms with van der Waals surface area (Å²) >= 11 is 0. The highest BCUT2D eigenvalue weighted by atomic mass is 19.4. The highest BCUT2D eigenvalue weighted by Crippen LogP contribution is 2.45. The summed E-state index contributed by atoms with van der Waals surface area (Å²) in [6.45, 7) is 3.24. The SMILES string of the molecule is CC(CO)NCc1cc(OC2CCN(C3CC(CC#N)(n4cc(-c5ncnc6[nH]ccc56)cn4)C3)CC2)nc(C(F)(F)F)c1. The third-order valence-electron chi connectivity index (χ3n) is 8.70. The van der Waals surface area contributed by atoms with Crippen molar-refractivity contribution in [1.29, 1.82) is 5.26 Å². The maximum Gasteiger partial charge on any atom is 0.433 e. The van der Waals surface area contributed by atoms with Gasteiger partial charge in [-0.1, -0.05) is 0 Å². The molecule has 232 valence electrons. The molecule has 1 aliphatic heterocycles. The quantitative estimate of drug-likeness (QED) is 0.243. The van der Waals surface area contributed by atoms with Gasteiger partial charge in [0.05, 0.1) is 36.5 Å². The zero-order chi connectivity index (χ0) is 30.9. The molecule has 0 bridgehead atoms. The van der Waals surface area contributed by atoms with Gasteiger partial charge in [0.1, 0.15) is 23.8 Å². The third-order valence-corrected chi connectivity index (χ3v) is 8.70. The Balaban J connectivity index is 1.08. The van der Waals surface area contributed by atoms with Crippen molar-refractivity contribution in [2.24, 2.45) is 0 Å². The van der Waals surface area contributed by atoms with Crippen LogP contribution in [0.5, 0.6) is 5.88 Å². The van der Waals surface area contributed by atoms with Crippen LogP contribution in [0.15, 0.2) is 43.1 Å². The van der Waals surface area contributed by atoms with Gasteiger partial charge in [0.15, 0.2) is 0 Å². The Morgan fingerprint density at radius 2 is 2.05 bits per heavy atom. The predicted octanol–water partition coefficient (Wildman–Crippen LogP) is 4.02. The largest absolute Gasteiger partial charge is 0.474 e. The van der Waals surface area contributed by atoms with Crippen LogP contribution >= 0.6 is 0 Å². The number of alkyl halides is 3. The van der Waals surface area contributed by atoms with Crippen LogP contribution < -0.4 is 10.1 Å². The van der Waals surface area contributed by atoms with Gasteiger partial charge in [-0.3, -0.25) is 9.58 Å². The molecule has 6 rings (SSSR count). The van der Waals surface area contributed by atoms with E-state index in [-0.39, 0.29) is 37.2 Å². The molecule has 2 aliphatic rings. The van der Waals surface area contributed by atoms with Crippen LogP contribution in [0.1, 0.15) is 50.3 Å². The van der Waals surface area contributed by atoms with E-state index in [1.54, 1.807) is 13.1 Å². The van der Waals surface area contributed by atoms with Crippen LogP contribution in [0.4, 0.5) is 13.2 Å². The molecule has 44 heavy (non-hydrogen) atoms. The fourth-order valence-corrected chi connectivity index (χ4v) is 6.20. The first-order valence-corrected chi connectivity index (χ1v) is 14.7. The molecule has 1 aliphatic carbocycles. The van der Waals surface area contributed by atoms with E-state index in [9.17, 15) is 23.5 Å². The van der Waals surface area contributed by atoms with E-state index in [1.165, 1.54) is 12.4 Å². The molecule has 0 amide bonds. The number of H-pyrrole nitrogens is 1. The second-order valence-corrected chi connectivity index (χ2v) is 11.8. The molecule has 2 fully saturated rings. The van der Waals surface area contributed by atoms with Crippen LogP contribution in [-0.4, -0.2) is 77.6 Å². The van der Waals surface area contributed by atoms with Gasteiger partial charge in [0.25, 0.3) is 0 Å². The smallest absolute Gasteiger partial charge is 0.433 e. The summed E-state index contributed by atoms with van der Waals surface area (Å²) in [6.07, 6.45) is 5.41. The number of hydrogen-bond acceptors (Lipinski definition) is 9. The Hall–Kier alpha value is -4.06. The normalized spacial score (nSPS) is 22.0. The number of aliphatic hydroxyl groups is 1. The summed E-state index contributed by atoms with van der Waals surface area (Å²) in [6, 6.07) is 6.82. The minimum atomic E-state index is -4.60. The van der Waals surface area contributed by atoms with Crippen molar-refractivity contribution < 1.29 is 23.0 Å². The van der Waals surface area contributed by atoms with Crippen molar-refractivity contribution in [3.05, 3.63) is 54.4 Å². The van der Waals surface area contributed by atoms with Crippen molar-refractivity contribution in [2.45, 2.75) is 75.5 Å². The number of pyridine rings is 1. The van der Waals surface area contributed by atoms with Crippen molar-refractivity contribution >= 4 is 11.0 Å². The van der Waals surface area contributed by atoms with E-state index < -0.39 is 17.4 Å². The summed E-state index contributed by atoms with van der Waals surface area (Å²) in [5.74, 6) is -0.0431. The minimum absolute atomic E-state index is 0.0431. The number of aliphatic hydroxyl groups excluding tert-OH is 1. The average Bonchev–Trinajstić information content (AvgIpc) is 3.68. The molecule has 11 nitrogen and oxygen atoms in total. The van der Waals surface area contributed by atoms with E-state index >= 15 is 0 Å². The average molecular weight is 610 g/mol. The Labute approximate surface area is 252 Å². The molecule has 1 saturated heterocycles. The van der Waals surface area contributed by atoms with Gasteiger partial charge >= 0.3 is 6.18 Å². The summed E-state index contributed by atoms with van der Waals surface area (Å²) in [4.78, 5) is 17.9. The lowest BCUT2D eigenvalue weighted by atomic mass is 9.69. The van der Waals surface area contributed by atoms with Crippen LogP contribution in [0.3, 0.4) is 0 Å². The number of likely N-dealkylation sites (tertiary alicyclic amines) is 1. The molecule has 14 heteroatoms. The highest BCUT2D eigenvalue weighted by molar-refractivity contribution is 5.90. The number of aromatic nitrogens is 6. The Morgan fingerprint density at radius 3 is 2.77 bits per heavy atom. The molecule has 3 N–H and O–H groups in total. The second-order valence-electron chi connectivity index (χ2n) is 11.8. The molecular weight excluding hydrogens is 575 g/mol. The van der Waals surface area contributed by atoms with Gasteiger partial charge in [-0.2, -0.15) is 23.5 Å². The van der Waals surface area contributed by atoms with E-state index in [1.807, 2.05) is 23.1 Å². The lowest BCUT2D eigenvalue weighted by Crippen LogP contribution is -2.58. The molecule has 4 aromatic heterocycles. The molecule has 0 aromatic carbocycles. The lowest BCUT2D eigenvalue weighted by Gasteiger charge is -2.52. The van der Waals surface area contributed by atoms with Gasteiger partial charge in [0, 0.05) is 61.1 Å². The number of fused-ring (bicyclic) bond motifs is 1. The van der Waals surface area contributed by atoms with E-state index in [4.69, 9.17) is 4.74 Å². The number of nitriles is 1. The molecule has 1 atom stereocenters. The van der Waals surface area contributed by atoms with Crippen LogP contribution in [0, 0.1) is 11.3 Å². The molecule has 0 radical (unpaired) electrons. The van der Waals surface area contributed by atoms with Gasteiger partial charge < -0.3 is 20.1 Å². The monoisotopic (exact) mass is 609 g/mol. The highest BCUT2D eigenvalue weighted by Gasteiger charge is 2.49. The number of nitrogens with zero attached hydrogens (tertiary/aromatic N) is 7. The third kappa shape index (κ3) is 6.12. The molecule has 1 unspecified atom stereocenters. The number of nitrogens with one attached hydrogen (secondary N) is 2. The fraction of sp³-hybridized carbons (Fsp3) is 0.500. The van der Waals surface area contributed by atoms with Crippen molar-refractivity contribution in [3.8, 4) is 23.2 Å². The van der Waals surface area contributed by atoms with Crippen LogP contribution in [0.2, 0.25) is 0 Å². The summed E-state index contributed by atoms with van der Waals surface area (Å²) in [7, 11) is 0. The molecule has 1 saturated carbocycles. The first kappa shape index (κ1) is 30.0. The number of rotatable bonds is 10. The van der Waals surface area contributed by atoms with E-state index in [0.717, 1.165) is 54.3 Å². The maximum atomic E-state index is 13.5. The molecular formula is C30H34F3N9O2. The van der Waals surface area contributed by atoms with Gasteiger partial charge in [0.2, 0.25) is 5.88 Å². The number of halogens is 3. The van der Waals surface area contributed by atoms with Crippen LogP contribution in [0.25, 0.3) is 22.3 Å². The molecule has 5 heterocycles. The zero-order valence-electron chi connectivity index (χ0n) is 24.3. The Bertz CT molecular complexity index is 1630. The minimum Gasteiger partial charge on any atom is -0.474 e. The summed E-state index contributed by atoms with van der Waals surface area (Å²) in [5, 5.41) is 27.4. The van der Waals surface area contributed by atoms with E-state index in [2.05, 4.69) is 41.3 Å². The Morgan fingerprint density at radius 1 is 1.25 bits per heavy atom. The second kappa shape index (κ2) is 12.1. The molecule has 4 aromatic rings. The standard InChI is InChI=1S/C30H34F3N9O2/c1-19(17-43)36-14-20-10-25(30(31,32)33)40-26(11-20)44-23-3-8-41(9-4-23)22-12-29(13-22,5-6-34)42-16-21(15-39-42)27-24-2-7-35-28(24)38-18-37-27/h2,7,10-11,15-16,18-19,22-23,36,43H,3-5,8-9,12-14,17H2,1H3,(H,35,37,38). The fourth-order valence-electron chi connectivity index (χ4n) is 6.20. The first-order valence-electron chi connectivity index (χ1n) is 14.7. The van der Waals surface area contributed by atoms with Crippen LogP contribution in [-0.2, 0) is 18.3 Å². The van der Waals surface area contributed by atoms with Crippen molar-refractivity contribution in [2.75, 3.05) is 19.7 Å². The number of aromatic amines is 1. The zero-order valence-corrected chi connectivity index (χ0v) is 24.3. The number of piperidine rings is 1. The van der Waals surface area contributed by atoms with Gasteiger partial charge in [-0.15, -0.1) is 0 Å². The Kier molecular flexibility index (Phi) is 8.28. The molecule has 0 spiro atoms. The number of hydrogen-bond donors (Lipinski definition) is 3. The van der Waals surface area contributed by atoms with Crippen molar-refractivity contribution in [3.63, 3.8) is 0 Å². The van der Waals surface area contributed by atoms with E-state index in [0.29, 0.717) is 24.8 Å². The summed E-state index contributed by atoms with van der Waals surface area (Å²) in [5.41, 5.74) is 1.38. The van der Waals surface area contributed by atoms with Gasteiger partial charge in [-0.25, -0.2) is 15.0 Å². The lowest BCUT2D eigenvalue weighted by molar-refractivity contribution is -0.141. The summed E-state index contributed by atoms with van der Waals surface area (Å²) < 4.78 is 48.5. The maximum absolute atomic E-state index is 13.5. The van der Waals surface area contributed by atoms with Crippen molar-refractivity contribution in [1.82, 2.24) is 39.9 Å². The van der Waals surface area contributed by atoms with Gasteiger partial charge in [-0.05, 0) is 50.3 Å². The first-order chi connectivity index (χ1) is 21.2.